The molecule has 0 amide bonds. The summed E-state index contributed by atoms with van der Waals surface area (Å²) in [6.45, 7) is 26.2. The molecule has 2 rings (SSSR count). The Hall–Kier alpha value is -3.73. The fourth-order valence-electron chi connectivity index (χ4n) is 8.29. The number of rotatable bonds is 19. The van der Waals surface area contributed by atoms with Gasteiger partial charge >= 0.3 is 11.9 Å². The molecule has 0 aromatic heterocycles. The molecule has 2 atom stereocenters. The molecular formula is C42H63N3O5. The summed E-state index contributed by atoms with van der Waals surface area (Å²) in [6.07, 6.45) is 4.48. The van der Waals surface area contributed by atoms with E-state index < -0.39 is 21.7 Å². The predicted octanol–water partition coefficient (Wildman–Crippen LogP) is 11.6. The van der Waals surface area contributed by atoms with E-state index in [1.807, 2.05) is 6.92 Å². The molecule has 0 spiro atoms. The Morgan fingerprint density at radius 1 is 0.660 bits per heavy atom. The number of methoxy groups -OCH3 is 1. The monoisotopic (exact) mass is 689 g/mol. The van der Waals surface area contributed by atoms with E-state index in [-0.39, 0.29) is 36.0 Å². The van der Waals surface area contributed by atoms with Gasteiger partial charge in [-0.3, -0.25) is 9.59 Å². The summed E-state index contributed by atoms with van der Waals surface area (Å²) >= 11 is 0. The largest absolute Gasteiger partial charge is 0.490 e. The van der Waals surface area contributed by atoms with Crippen molar-refractivity contribution in [2.75, 3.05) is 20.3 Å². The van der Waals surface area contributed by atoms with Crippen molar-refractivity contribution in [1.82, 2.24) is 0 Å². The highest BCUT2D eigenvalue weighted by Gasteiger charge is 2.63. The predicted molar refractivity (Wildman–Crippen MR) is 201 cm³/mol. The van der Waals surface area contributed by atoms with Gasteiger partial charge in [-0.25, -0.2) is 0 Å². The number of nitrogens with zero attached hydrogens (tertiary/aromatic N) is 3. The fourth-order valence-corrected chi connectivity index (χ4v) is 8.29. The maximum absolute atomic E-state index is 14.2. The molecule has 0 heterocycles. The van der Waals surface area contributed by atoms with Crippen molar-refractivity contribution < 1.29 is 23.8 Å². The smallest absolute Gasteiger partial charge is 0.312 e. The van der Waals surface area contributed by atoms with Crippen molar-refractivity contribution >= 4 is 23.3 Å². The Balaban J connectivity index is 2.26. The molecule has 0 fully saturated rings. The van der Waals surface area contributed by atoms with Gasteiger partial charge in [-0.2, -0.15) is 15.5 Å². The van der Waals surface area contributed by atoms with E-state index in [1.54, 1.807) is 48.5 Å². The molecule has 2 aromatic carbocycles. The first kappa shape index (κ1) is 42.4. The number of benzene rings is 2. The second-order valence-electron chi connectivity index (χ2n) is 16.3. The van der Waals surface area contributed by atoms with Crippen LogP contribution in [0, 0.1) is 43.8 Å². The summed E-state index contributed by atoms with van der Waals surface area (Å²) < 4.78 is 17.5. The Kier molecular flexibility index (Phi) is 14.4. The highest BCUT2D eigenvalue weighted by Crippen LogP contribution is 2.65. The first-order valence-electron chi connectivity index (χ1n) is 18.2. The molecule has 0 bridgehead atoms. The van der Waals surface area contributed by atoms with E-state index in [1.165, 1.54) is 7.11 Å². The van der Waals surface area contributed by atoms with Crippen molar-refractivity contribution in [2.45, 2.75) is 122 Å². The van der Waals surface area contributed by atoms with Crippen molar-refractivity contribution in [3.63, 3.8) is 0 Å². The van der Waals surface area contributed by atoms with Crippen molar-refractivity contribution in [3.05, 3.63) is 54.1 Å². The lowest BCUT2D eigenvalue weighted by Gasteiger charge is -2.60. The van der Waals surface area contributed by atoms with Gasteiger partial charge in [0.05, 0.1) is 40.9 Å². The fraction of sp³-hybridized carbons (Fsp3) is 0.643. The molecular weight excluding hydrogens is 626 g/mol. The second-order valence-corrected chi connectivity index (χ2v) is 16.3. The van der Waals surface area contributed by atoms with E-state index in [0.717, 1.165) is 25.7 Å². The van der Waals surface area contributed by atoms with Gasteiger partial charge in [0.15, 0.2) is 0 Å². The number of carbonyl (C=O) groups excluding carboxylic acids is 2. The molecule has 2 aromatic rings. The highest BCUT2D eigenvalue weighted by atomic mass is 16.6. The third-order valence-electron chi connectivity index (χ3n) is 12.3. The Labute approximate surface area is 302 Å². The summed E-state index contributed by atoms with van der Waals surface area (Å²) in [5.41, 5.74) is -1.10. The van der Waals surface area contributed by atoms with Gasteiger partial charge in [-0.1, -0.05) is 75.7 Å². The summed E-state index contributed by atoms with van der Waals surface area (Å²) in [6, 6.07) is 16.2. The topological polar surface area (TPSA) is 110 Å². The molecule has 0 radical (unpaired) electrons. The van der Waals surface area contributed by atoms with Gasteiger partial charge in [0, 0.05) is 0 Å². The number of hydrogen-bond donors (Lipinski definition) is 0. The minimum atomic E-state index is -0.847. The molecule has 0 aliphatic heterocycles. The summed E-state index contributed by atoms with van der Waals surface area (Å²) in [7, 11) is 1.49. The molecule has 8 heteroatoms. The van der Waals surface area contributed by atoms with E-state index >= 15 is 0 Å². The molecule has 0 aliphatic carbocycles. The van der Waals surface area contributed by atoms with E-state index in [2.05, 4.69) is 92.5 Å². The minimum Gasteiger partial charge on any atom is -0.490 e. The Bertz CT molecular complexity index is 1480. The molecule has 0 N–H and O–H groups in total. The first-order valence-corrected chi connectivity index (χ1v) is 18.2. The summed E-state index contributed by atoms with van der Waals surface area (Å²) in [5.74, 6) is 0.188. The van der Waals surface area contributed by atoms with Gasteiger partial charge in [0.1, 0.15) is 19.0 Å². The standard InChI is InChI=1S/C42H63N3O5/c1-14-37(5,6)29-41(12,35(46)48-13)42(16-3,17-4)39(9,10)30-40(11,38(7,8)15-2)36(47)50-27-26-49-34-24-22-33(23-25-34)45-44-32-20-18-31(28-43)19-21-32/h18-25H,14-17,26-27,29-30H2,1-13H3. The average Bonchev–Trinajstić information content (AvgIpc) is 3.09. The third-order valence-corrected chi connectivity index (χ3v) is 12.3. The van der Waals surface area contributed by atoms with Crippen LogP contribution >= 0.6 is 0 Å². The maximum Gasteiger partial charge on any atom is 0.312 e. The van der Waals surface area contributed by atoms with Crippen LogP contribution in [0.1, 0.15) is 127 Å². The van der Waals surface area contributed by atoms with E-state index in [9.17, 15) is 9.59 Å². The van der Waals surface area contributed by atoms with Crippen LogP contribution in [0.2, 0.25) is 0 Å². The van der Waals surface area contributed by atoms with Gasteiger partial charge in [-0.15, -0.1) is 0 Å². The van der Waals surface area contributed by atoms with Gasteiger partial charge in [0.25, 0.3) is 0 Å². The van der Waals surface area contributed by atoms with E-state index in [4.69, 9.17) is 19.5 Å². The lowest BCUT2D eigenvalue weighted by molar-refractivity contribution is -0.187. The molecule has 0 aliphatic rings. The number of hydrogen-bond acceptors (Lipinski definition) is 8. The van der Waals surface area contributed by atoms with Crippen LogP contribution in [0.15, 0.2) is 58.8 Å². The van der Waals surface area contributed by atoms with Crippen LogP contribution in [-0.2, 0) is 19.1 Å². The van der Waals surface area contributed by atoms with Crippen LogP contribution in [0.4, 0.5) is 11.4 Å². The van der Waals surface area contributed by atoms with Crippen LogP contribution in [0.3, 0.4) is 0 Å². The Morgan fingerprint density at radius 2 is 1.18 bits per heavy atom. The number of azo groups is 1. The van der Waals surface area contributed by atoms with Gasteiger partial charge < -0.3 is 14.2 Å². The molecule has 2 unspecified atom stereocenters. The normalized spacial score (nSPS) is 15.1. The van der Waals surface area contributed by atoms with Crippen LogP contribution in [-0.4, -0.2) is 32.3 Å². The molecule has 0 saturated carbocycles. The average molecular weight is 690 g/mol. The van der Waals surface area contributed by atoms with Gasteiger partial charge in [0.2, 0.25) is 0 Å². The molecule has 8 nitrogen and oxygen atoms in total. The van der Waals surface area contributed by atoms with Crippen LogP contribution < -0.4 is 4.74 Å². The molecule has 0 saturated heterocycles. The van der Waals surface area contributed by atoms with Crippen molar-refractivity contribution in [2.24, 2.45) is 42.7 Å². The van der Waals surface area contributed by atoms with Crippen molar-refractivity contribution in [3.8, 4) is 11.8 Å². The zero-order chi connectivity index (χ0) is 38.0. The number of esters is 2. The van der Waals surface area contributed by atoms with Crippen LogP contribution in [0.5, 0.6) is 5.75 Å². The summed E-state index contributed by atoms with van der Waals surface area (Å²) in [4.78, 5) is 28.1. The van der Waals surface area contributed by atoms with Gasteiger partial charge in [-0.05, 0) is 116 Å². The highest BCUT2D eigenvalue weighted by molar-refractivity contribution is 5.79. The lowest BCUT2D eigenvalue weighted by Crippen LogP contribution is -2.58. The number of ether oxygens (including phenoxy) is 3. The van der Waals surface area contributed by atoms with Crippen LogP contribution in [0.25, 0.3) is 0 Å². The third kappa shape index (κ3) is 9.13. The second kappa shape index (κ2) is 17.0. The minimum absolute atomic E-state index is 0.0733. The summed E-state index contributed by atoms with van der Waals surface area (Å²) in [5, 5.41) is 17.4. The lowest BCUT2D eigenvalue weighted by atomic mass is 9.43. The molecule has 276 valence electrons. The zero-order valence-electron chi connectivity index (χ0n) is 33.2. The quantitative estimate of drug-likeness (QED) is 0.0824. The Morgan fingerprint density at radius 3 is 1.62 bits per heavy atom. The number of carbonyl (C=O) groups is 2. The first-order chi connectivity index (χ1) is 23.3. The molecule has 50 heavy (non-hydrogen) atoms. The maximum atomic E-state index is 14.2. The zero-order valence-corrected chi connectivity index (χ0v) is 33.2. The van der Waals surface area contributed by atoms with Crippen molar-refractivity contribution in [1.29, 1.82) is 5.26 Å². The number of nitriles is 1. The van der Waals surface area contributed by atoms with E-state index in [0.29, 0.717) is 35.5 Å². The SMILES string of the molecule is CCC(C)(C)CC(C)(C(=O)OC)C(CC)(CC)C(C)(C)CC(C)(C(=O)OCCOc1ccc(N=Nc2ccc(C#N)cc2)cc1)C(C)(C)CC.